The number of para-hydroxylation sites is 1. The van der Waals surface area contributed by atoms with Crippen molar-refractivity contribution < 1.29 is 9.21 Å². The van der Waals surface area contributed by atoms with Crippen LogP contribution in [0.2, 0.25) is 5.02 Å². The predicted octanol–water partition coefficient (Wildman–Crippen LogP) is 4.91. The van der Waals surface area contributed by atoms with Crippen molar-refractivity contribution in [2.45, 2.75) is 12.4 Å². The smallest absolute Gasteiger partial charge is 0.257 e. The minimum atomic E-state index is -0.467. The molecule has 0 aliphatic heterocycles. The molecule has 0 atom stereocenters. The molecule has 0 aliphatic carbocycles. The van der Waals surface area contributed by atoms with E-state index in [2.05, 4.69) is 5.32 Å². The summed E-state index contributed by atoms with van der Waals surface area (Å²) in [7, 11) is 0. The van der Waals surface area contributed by atoms with Gasteiger partial charge in [0.05, 0.1) is 11.3 Å². The highest BCUT2D eigenvalue weighted by Crippen LogP contribution is 2.22. The van der Waals surface area contributed by atoms with E-state index in [0.29, 0.717) is 21.9 Å². The molecule has 146 valence electrons. The van der Waals surface area contributed by atoms with Crippen LogP contribution in [-0.2, 0) is 12.4 Å². The molecule has 0 saturated heterocycles. The van der Waals surface area contributed by atoms with Crippen molar-refractivity contribution in [3.05, 3.63) is 99.0 Å². The summed E-state index contributed by atoms with van der Waals surface area (Å²) < 4.78 is 7.43. The van der Waals surface area contributed by atoms with E-state index < -0.39 is 11.3 Å². The van der Waals surface area contributed by atoms with E-state index in [1.807, 2.05) is 42.5 Å². The third-order valence-electron chi connectivity index (χ3n) is 4.51. The van der Waals surface area contributed by atoms with Crippen LogP contribution in [0.3, 0.4) is 0 Å². The first-order valence-electron chi connectivity index (χ1n) is 8.89. The maximum atomic E-state index is 12.9. The molecular weight excluding hydrogens is 411 g/mol. The van der Waals surface area contributed by atoms with Gasteiger partial charge in [-0.25, -0.2) is 0 Å². The van der Waals surface area contributed by atoms with E-state index in [9.17, 15) is 9.59 Å². The van der Waals surface area contributed by atoms with Crippen molar-refractivity contribution in [2.24, 2.45) is 0 Å². The fraction of sp³-hybridized carbons (Fsp3) is 0.0909. The number of pyridine rings is 1. The van der Waals surface area contributed by atoms with Crippen molar-refractivity contribution in [2.75, 3.05) is 0 Å². The fourth-order valence-corrected chi connectivity index (χ4v) is 3.31. The van der Waals surface area contributed by atoms with E-state index in [1.165, 1.54) is 6.20 Å². The molecule has 5 nitrogen and oxygen atoms in total. The molecule has 0 saturated carbocycles. The Labute approximate surface area is 176 Å². The molecule has 0 unspecified atom stereocenters. The number of hydrogen-bond acceptors (Lipinski definition) is 3. The predicted molar refractivity (Wildman–Crippen MR) is 114 cm³/mol. The maximum absolute atomic E-state index is 12.9. The first kappa shape index (κ1) is 19.3. The lowest BCUT2D eigenvalue weighted by Crippen LogP contribution is -2.29. The Morgan fingerprint density at radius 1 is 1.07 bits per heavy atom. The largest absolute Gasteiger partial charge is 0.443 e. The second-order valence-corrected chi connectivity index (χ2v) is 7.16. The summed E-state index contributed by atoms with van der Waals surface area (Å²) in [6.45, 7) is 0.275. The van der Waals surface area contributed by atoms with Gasteiger partial charge in [-0.2, -0.15) is 0 Å². The number of carbonyl (C=O) groups excluding carboxylic acids is 1. The molecule has 0 radical (unpaired) electrons. The number of carbonyl (C=O) groups is 1. The molecule has 0 spiro atoms. The van der Waals surface area contributed by atoms with Crippen LogP contribution in [-0.4, -0.2) is 10.5 Å². The summed E-state index contributed by atoms with van der Waals surface area (Å²) in [4.78, 5) is 25.7. The van der Waals surface area contributed by atoms with E-state index in [4.69, 9.17) is 27.6 Å². The average Bonchev–Trinajstić information content (AvgIpc) is 3.19. The van der Waals surface area contributed by atoms with Crippen molar-refractivity contribution in [3.8, 4) is 5.69 Å². The van der Waals surface area contributed by atoms with Gasteiger partial charge in [0.15, 0.2) is 0 Å². The van der Waals surface area contributed by atoms with Crippen LogP contribution in [0.5, 0.6) is 0 Å². The molecule has 2 aromatic heterocycles. The van der Waals surface area contributed by atoms with Gasteiger partial charge in [-0.05, 0) is 35.9 Å². The Hall–Kier alpha value is -3.02. The summed E-state index contributed by atoms with van der Waals surface area (Å²) in [5.41, 5.74) is 1.61. The maximum Gasteiger partial charge on any atom is 0.257 e. The highest BCUT2D eigenvalue weighted by atomic mass is 35.5. The van der Waals surface area contributed by atoms with E-state index >= 15 is 0 Å². The van der Waals surface area contributed by atoms with Crippen molar-refractivity contribution >= 4 is 40.2 Å². The van der Waals surface area contributed by atoms with Gasteiger partial charge in [0.1, 0.15) is 11.3 Å². The average molecular weight is 427 g/mol. The second kappa shape index (κ2) is 8.15. The minimum absolute atomic E-state index is 0.0252. The normalized spacial score (nSPS) is 11.0. The molecular formula is C22H16Cl2N2O3. The number of amides is 1. The topological polar surface area (TPSA) is 64.2 Å². The van der Waals surface area contributed by atoms with Crippen molar-refractivity contribution in [1.29, 1.82) is 0 Å². The van der Waals surface area contributed by atoms with Crippen LogP contribution in [0, 0.1) is 0 Å². The number of aromatic nitrogens is 1. The molecule has 0 bridgehead atoms. The number of halogens is 2. The molecule has 4 aromatic rings. The third-order valence-corrected chi connectivity index (χ3v) is 5.02. The molecule has 2 aromatic carbocycles. The SMILES string of the molecule is O=C(NCc1ccc(Cl)cc1)c1cn(-c2ccccc2)c2oc(CCl)cc2c1=O. The van der Waals surface area contributed by atoms with Crippen LogP contribution in [0.25, 0.3) is 16.8 Å². The number of nitrogens with one attached hydrogen (secondary N) is 1. The standard InChI is InChI=1S/C22H16Cl2N2O3/c23-11-17-10-18-20(27)19(21(28)25-12-14-6-8-15(24)9-7-14)13-26(22(18)29-17)16-4-2-1-3-5-16/h1-10,13H,11-12H2,(H,25,28). The van der Waals surface area contributed by atoms with Crippen LogP contribution in [0.1, 0.15) is 21.7 Å². The number of benzene rings is 2. The first-order chi connectivity index (χ1) is 14.1. The summed E-state index contributed by atoms with van der Waals surface area (Å²) in [5, 5.41) is 3.71. The zero-order valence-corrected chi connectivity index (χ0v) is 16.7. The number of hydrogen-bond donors (Lipinski definition) is 1. The quantitative estimate of drug-likeness (QED) is 0.461. The summed E-state index contributed by atoms with van der Waals surface area (Å²) >= 11 is 11.8. The van der Waals surface area contributed by atoms with Gasteiger partial charge in [0, 0.05) is 23.5 Å². The minimum Gasteiger partial charge on any atom is -0.443 e. The molecule has 4 rings (SSSR count). The number of rotatable bonds is 5. The van der Waals surface area contributed by atoms with Gasteiger partial charge in [-0.3, -0.25) is 14.2 Å². The Bertz CT molecular complexity index is 1230. The lowest BCUT2D eigenvalue weighted by atomic mass is 10.1. The second-order valence-electron chi connectivity index (χ2n) is 6.45. The fourth-order valence-electron chi connectivity index (χ4n) is 3.05. The Morgan fingerprint density at radius 2 is 1.79 bits per heavy atom. The van der Waals surface area contributed by atoms with Gasteiger partial charge < -0.3 is 9.73 Å². The van der Waals surface area contributed by atoms with Gasteiger partial charge in [-0.1, -0.05) is 41.9 Å². The molecule has 7 heteroatoms. The van der Waals surface area contributed by atoms with E-state index in [0.717, 1.165) is 11.3 Å². The zero-order chi connectivity index (χ0) is 20.4. The van der Waals surface area contributed by atoms with Crippen LogP contribution < -0.4 is 10.7 Å². The Balaban J connectivity index is 1.75. The lowest BCUT2D eigenvalue weighted by Gasteiger charge is -2.11. The number of alkyl halides is 1. The highest BCUT2D eigenvalue weighted by molar-refractivity contribution is 6.30. The summed E-state index contributed by atoms with van der Waals surface area (Å²) in [6, 6.07) is 18.1. The van der Waals surface area contributed by atoms with E-state index in [-0.39, 0.29) is 18.0 Å². The first-order valence-corrected chi connectivity index (χ1v) is 9.80. The molecule has 29 heavy (non-hydrogen) atoms. The summed E-state index contributed by atoms with van der Waals surface area (Å²) in [5.74, 6) is 0.119. The van der Waals surface area contributed by atoms with Gasteiger partial charge in [0.25, 0.3) is 5.91 Å². The highest BCUT2D eigenvalue weighted by Gasteiger charge is 2.19. The van der Waals surface area contributed by atoms with Crippen LogP contribution in [0.15, 0.2) is 76.1 Å². The lowest BCUT2D eigenvalue weighted by molar-refractivity contribution is 0.0949. The number of fused-ring (bicyclic) bond motifs is 1. The van der Waals surface area contributed by atoms with Crippen LogP contribution >= 0.6 is 23.2 Å². The van der Waals surface area contributed by atoms with Gasteiger partial charge in [-0.15, -0.1) is 11.6 Å². The molecule has 1 N–H and O–H groups in total. The number of furan rings is 1. The molecule has 0 fully saturated rings. The molecule has 2 heterocycles. The van der Waals surface area contributed by atoms with Crippen molar-refractivity contribution in [3.63, 3.8) is 0 Å². The number of nitrogens with zero attached hydrogens (tertiary/aromatic N) is 1. The van der Waals surface area contributed by atoms with E-state index in [1.54, 1.807) is 22.8 Å². The molecule has 1 amide bonds. The molecule has 0 aliphatic rings. The van der Waals surface area contributed by atoms with Crippen LogP contribution in [0.4, 0.5) is 0 Å². The Morgan fingerprint density at radius 3 is 2.48 bits per heavy atom. The third kappa shape index (κ3) is 3.92. The monoisotopic (exact) mass is 426 g/mol. The zero-order valence-electron chi connectivity index (χ0n) is 15.2. The van der Waals surface area contributed by atoms with Gasteiger partial charge in [0.2, 0.25) is 11.1 Å². The van der Waals surface area contributed by atoms with Crippen molar-refractivity contribution in [1.82, 2.24) is 9.88 Å². The Kier molecular flexibility index (Phi) is 5.43. The summed E-state index contributed by atoms with van der Waals surface area (Å²) in [6.07, 6.45) is 1.50. The van der Waals surface area contributed by atoms with Gasteiger partial charge >= 0.3 is 0 Å².